The van der Waals surface area contributed by atoms with Crippen molar-refractivity contribution in [1.29, 1.82) is 0 Å². The summed E-state index contributed by atoms with van der Waals surface area (Å²) in [5, 5.41) is 7.19. The summed E-state index contributed by atoms with van der Waals surface area (Å²) in [7, 11) is 0. The van der Waals surface area contributed by atoms with Gasteiger partial charge < -0.3 is 10.3 Å². The number of pyridine rings is 2. The van der Waals surface area contributed by atoms with Gasteiger partial charge in [0, 0.05) is 76.6 Å². The first kappa shape index (κ1) is 18.9. The zero-order valence-corrected chi connectivity index (χ0v) is 17.3. The minimum Gasteiger partial charge on any atom is -0.361 e. The Balaban J connectivity index is 1.19. The summed E-state index contributed by atoms with van der Waals surface area (Å²) in [6, 6.07) is 19.1. The lowest BCUT2D eigenvalue weighted by Crippen LogP contribution is -2.16. The van der Waals surface area contributed by atoms with E-state index in [1.165, 1.54) is 32.3 Å². The summed E-state index contributed by atoms with van der Waals surface area (Å²) in [5.74, 6) is 0.997. The quantitative estimate of drug-likeness (QED) is 0.268. The van der Waals surface area contributed by atoms with E-state index in [4.69, 9.17) is 0 Å². The number of hydrogen-bond donors (Lipinski definition) is 2. The number of nitrogens with zero attached hydrogens (tertiary/aromatic N) is 2. The molecule has 0 aliphatic rings. The van der Waals surface area contributed by atoms with Crippen LogP contribution in [0.1, 0.15) is 5.56 Å². The SMILES string of the molecule is c1ccc2c(CNCCSc3cncc(-c4ccc5cnccc5c4)c3)c[nH]c2c1. The largest absolute Gasteiger partial charge is 0.361 e. The first-order chi connectivity index (χ1) is 14.9. The average Bonchev–Trinajstić information content (AvgIpc) is 3.22. The zero-order valence-electron chi connectivity index (χ0n) is 16.5. The van der Waals surface area contributed by atoms with Gasteiger partial charge in [-0.15, -0.1) is 11.8 Å². The summed E-state index contributed by atoms with van der Waals surface area (Å²) in [4.78, 5) is 13.2. The molecule has 30 heavy (non-hydrogen) atoms. The standard InChI is InChI=1S/C25H22N4S/c1-2-4-25-24(3-1)22(16-29-25)15-27-9-10-30-23-12-21(14-28-17-23)18-5-6-20-13-26-8-7-19(20)11-18/h1-8,11-14,16-17,27,29H,9-10,15H2. The Hall–Kier alpha value is -3.15. The topological polar surface area (TPSA) is 53.6 Å². The third kappa shape index (κ3) is 4.08. The Kier molecular flexibility index (Phi) is 5.46. The van der Waals surface area contributed by atoms with Crippen LogP contribution < -0.4 is 5.32 Å². The second-order valence-corrected chi connectivity index (χ2v) is 8.40. The van der Waals surface area contributed by atoms with Crippen molar-refractivity contribution in [2.24, 2.45) is 0 Å². The first-order valence-corrected chi connectivity index (χ1v) is 11.0. The molecule has 2 N–H and O–H groups in total. The molecule has 0 amide bonds. The Morgan fingerprint density at radius 3 is 2.83 bits per heavy atom. The molecule has 0 atom stereocenters. The number of benzene rings is 2. The maximum atomic E-state index is 4.46. The molecular weight excluding hydrogens is 388 g/mol. The normalized spacial score (nSPS) is 11.3. The van der Waals surface area contributed by atoms with Gasteiger partial charge in [0.15, 0.2) is 0 Å². The van der Waals surface area contributed by atoms with Crippen LogP contribution in [0.2, 0.25) is 0 Å². The van der Waals surface area contributed by atoms with Crippen LogP contribution in [0.3, 0.4) is 0 Å². The van der Waals surface area contributed by atoms with Crippen molar-refractivity contribution in [3.05, 3.63) is 91.1 Å². The minimum atomic E-state index is 0.870. The van der Waals surface area contributed by atoms with Crippen LogP contribution in [-0.4, -0.2) is 27.2 Å². The number of nitrogens with one attached hydrogen (secondary N) is 2. The third-order valence-corrected chi connectivity index (χ3v) is 6.19. The van der Waals surface area contributed by atoms with Crippen molar-refractivity contribution in [2.45, 2.75) is 11.4 Å². The van der Waals surface area contributed by atoms with Crippen LogP contribution >= 0.6 is 11.8 Å². The molecule has 3 aromatic heterocycles. The van der Waals surface area contributed by atoms with E-state index in [0.717, 1.165) is 29.8 Å². The molecule has 0 spiro atoms. The zero-order chi connectivity index (χ0) is 20.2. The Morgan fingerprint density at radius 2 is 1.83 bits per heavy atom. The van der Waals surface area contributed by atoms with E-state index in [2.05, 4.69) is 75.0 Å². The summed E-state index contributed by atoms with van der Waals surface area (Å²) in [6.45, 7) is 1.81. The molecule has 0 fully saturated rings. The predicted octanol–water partition coefficient (Wildman–Crippen LogP) is 5.66. The highest BCUT2D eigenvalue weighted by Gasteiger charge is 2.04. The second-order valence-electron chi connectivity index (χ2n) is 7.23. The summed E-state index contributed by atoms with van der Waals surface area (Å²) >= 11 is 1.83. The molecule has 2 aromatic carbocycles. The number of thioether (sulfide) groups is 1. The van der Waals surface area contributed by atoms with Crippen LogP contribution in [0.4, 0.5) is 0 Å². The summed E-state index contributed by atoms with van der Waals surface area (Å²) in [5.41, 5.74) is 4.83. The summed E-state index contributed by atoms with van der Waals surface area (Å²) < 4.78 is 0. The van der Waals surface area contributed by atoms with Crippen molar-refractivity contribution < 1.29 is 0 Å². The van der Waals surface area contributed by atoms with Crippen molar-refractivity contribution in [3.8, 4) is 11.1 Å². The smallest absolute Gasteiger partial charge is 0.0457 e. The fraction of sp³-hybridized carbons (Fsp3) is 0.120. The highest BCUT2D eigenvalue weighted by molar-refractivity contribution is 7.99. The molecule has 0 aliphatic heterocycles. The number of aromatic amines is 1. The van der Waals surface area contributed by atoms with Gasteiger partial charge in [-0.2, -0.15) is 0 Å². The fourth-order valence-electron chi connectivity index (χ4n) is 3.66. The van der Waals surface area contributed by atoms with Crippen LogP contribution in [-0.2, 0) is 6.54 Å². The van der Waals surface area contributed by atoms with Gasteiger partial charge in [-0.1, -0.05) is 30.3 Å². The second kappa shape index (κ2) is 8.69. The molecule has 0 aliphatic carbocycles. The van der Waals surface area contributed by atoms with Gasteiger partial charge in [0.05, 0.1) is 0 Å². The molecule has 5 aromatic rings. The van der Waals surface area contributed by atoms with Crippen LogP contribution in [0, 0.1) is 0 Å². The van der Waals surface area contributed by atoms with Gasteiger partial charge in [0.1, 0.15) is 0 Å². The molecule has 0 saturated heterocycles. The lowest BCUT2D eigenvalue weighted by Gasteiger charge is -2.07. The molecule has 148 valence electrons. The third-order valence-electron chi connectivity index (χ3n) is 5.22. The highest BCUT2D eigenvalue weighted by Crippen LogP contribution is 2.27. The van der Waals surface area contributed by atoms with Crippen molar-refractivity contribution in [1.82, 2.24) is 20.3 Å². The van der Waals surface area contributed by atoms with Gasteiger partial charge in [-0.05, 0) is 40.8 Å². The highest BCUT2D eigenvalue weighted by atomic mass is 32.2. The molecule has 5 heteroatoms. The molecule has 4 nitrogen and oxygen atoms in total. The first-order valence-electron chi connectivity index (χ1n) is 10.0. The van der Waals surface area contributed by atoms with E-state index in [-0.39, 0.29) is 0 Å². The Morgan fingerprint density at radius 1 is 0.867 bits per heavy atom. The number of aromatic nitrogens is 3. The van der Waals surface area contributed by atoms with Gasteiger partial charge in [-0.3, -0.25) is 9.97 Å². The van der Waals surface area contributed by atoms with Gasteiger partial charge in [0.2, 0.25) is 0 Å². The van der Waals surface area contributed by atoms with E-state index in [1.54, 1.807) is 0 Å². The Bertz CT molecular complexity index is 1290. The molecule has 0 bridgehead atoms. The number of fused-ring (bicyclic) bond motifs is 2. The number of H-pyrrole nitrogens is 1. The van der Waals surface area contributed by atoms with Gasteiger partial charge in [-0.25, -0.2) is 0 Å². The number of rotatable bonds is 7. The fourth-order valence-corrected chi connectivity index (χ4v) is 4.49. The van der Waals surface area contributed by atoms with E-state index >= 15 is 0 Å². The predicted molar refractivity (Wildman–Crippen MR) is 126 cm³/mol. The number of para-hydroxylation sites is 1. The maximum Gasteiger partial charge on any atom is 0.0457 e. The van der Waals surface area contributed by atoms with Gasteiger partial charge in [0.25, 0.3) is 0 Å². The molecule has 3 heterocycles. The van der Waals surface area contributed by atoms with Gasteiger partial charge >= 0.3 is 0 Å². The number of hydrogen-bond acceptors (Lipinski definition) is 4. The van der Waals surface area contributed by atoms with Crippen molar-refractivity contribution >= 4 is 33.4 Å². The van der Waals surface area contributed by atoms with E-state index in [1.807, 2.05) is 42.6 Å². The van der Waals surface area contributed by atoms with E-state index in [9.17, 15) is 0 Å². The van der Waals surface area contributed by atoms with Crippen LogP contribution in [0.25, 0.3) is 32.8 Å². The van der Waals surface area contributed by atoms with E-state index < -0.39 is 0 Å². The van der Waals surface area contributed by atoms with Crippen molar-refractivity contribution in [3.63, 3.8) is 0 Å². The monoisotopic (exact) mass is 410 g/mol. The lowest BCUT2D eigenvalue weighted by atomic mass is 10.0. The summed E-state index contributed by atoms with van der Waals surface area (Å²) in [6.07, 6.45) is 9.70. The van der Waals surface area contributed by atoms with Crippen LogP contribution in [0.15, 0.2) is 90.5 Å². The molecule has 0 radical (unpaired) electrons. The van der Waals surface area contributed by atoms with E-state index in [0.29, 0.717) is 0 Å². The lowest BCUT2D eigenvalue weighted by molar-refractivity contribution is 0.735. The molecule has 0 saturated carbocycles. The Labute approximate surface area is 179 Å². The average molecular weight is 411 g/mol. The maximum absolute atomic E-state index is 4.46. The van der Waals surface area contributed by atoms with Crippen molar-refractivity contribution in [2.75, 3.05) is 12.3 Å². The molecule has 0 unspecified atom stereocenters. The van der Waals surface area contributed by atoms with Crippen LogP contribution in [0.5, 0.6) is 0 Å². The molecular formula is C25H22N4S. The molecule has 5 rings (SSSR count). The minimum absolute atomic E-state index is 0.870.